The number of hydrogen-bond acceptors (Lipinski definition) is 3. The largest absolute Gasteiger partial charge is 0.306 e. The van der Waals surface area contributed by atoms with Crippen molar-refractivity contribution in [2.75, 3.05) is 0 Å². The topological polar surface area (TPSA) is 58.6 Å². The van der Waals surface area contributed by atoms with E-state index in [1.807, 2.05) is 19.1 Å². The Morgan fingerprint density at radius 1 is 1.21 bits per heavy atom. The van der Waals surface area contributed by atoms with E-state index in [9.17, 15) is 4.79 Å². The van der Waals surface area contributed by atoms with E-state index >= 15 is 0 Å². The molecular weight excluding hydrogens is 178 g/mol. The first-order valence-electron chi connectivity index (χ1n) is 4.24. The molecule has 2 aromatic rings. The zero-order valence-corrected chi connectivity index (χ0v) is 7.69. The van der Waals surface area contributed by atoms with E-state index in [4.69, 9.17) is 0 Å². The average Bonchev–Trinajstić information content (AvgIpc) is 2.19. The molecular formula is C10H9N3O. The van der Waals surface area contributed by atoms with Gasteiger partial charge in [0, 0.05) is 29.7 Å². The Morgan fingerprint density at radius 2 is 2.07 bits per heavy atom. The third-order valence-corrected chi connectivity index (χ3v) is 1.86. The van der Waals surface area contributed by atoms with Gasteiger partial charge in [0.25, 0.3) is 5.56 Å². The van der Waals surface area contributed by atoms with Crippen molar-refractivity contribution in [2.24, 2.45) is 0 Å². The lowest BCUT2D eigenvalue weighted by atomic mass is 10.2. The molecule has 1 N–H and O–H groups in total. The highest BCUT2D eigenvalue weighted by Crippen LogP contribution is 2.10. The number of aryl methyl sites for hydroxylation is 1. The molecule has 0 aliphatic carbocycles. The van der Waals surface area contributed by atoms with Crippen LogP contribution in [0, 0.1) is 6.92 Å². The van der Waals surface area contributed by atoms with Gasteiger partial charge in [0.05, 0.1) is 0 Å². The SMILES string of the molecule is Cc1ccc(-c2nccc(=O)[nH]2)cn1. The van der Waals surface area contributed by atoms with Crippen LogP contribution in [-0.4, -0.2) is 15.0 Å². The van der Waals surface area contributed by atoms with Crippen molar-refractivity contribution in [3.8, 4) is 11.4 Å². The molecule has 0 aliphatic heterocycles. The van der Waals surface area contributed by atoms with Gasteiger partial charge in [-0.2, -0.15) is 0 Å². The molecule has 0 aromatic carbocycles. The second kappa shape index (κ2) is 3.41. The maximum Gasteiger partial charge on any atom is 0.251 e. The van der Waals surface area contributed by atoms with Gasteiger partial charge < -0.3 is 4.98 Å². The number of aromatic amines is 1. The van der Waals surface area contributed by atoms with Crippen molar-refractivity contribution in [3.05, 3.63) is 46.6 Å². The number of rotatable bonds is 1. The predicted octanol–water partition coefficient (Wildman–Crippen LogP) is 1.14. The summed E-state index contributed by atoms with van der Waals surface area (Å²) in [4.78, 5) is 21.8. The van der Waals surface area contributed by atoms with E-state index in [1.165, 1.54) is 12.3 Å². The first kappa shape index (κ1) is 8.62. The maximum absolute atomic E-state index is 11.0. The van der Waals surface area contributed by atoms with Crippen LogP contribution in [0.5, 0.6) is 0 Å². The van der Waals surface area contributed by atoms with Gasteiger partial charge >= 0.3 is 0 Å². The molecule has 0 fully saturated rings. The van der Waals surface area contributed by atoms with Crippen LogP contribution in [0.3, 0.4) is 0 Å². The van der Waals surface area contributed by atoms with Gasteiger partial charge in [-0.1, -0.05) is 0 Å². The Hall–Kier alpha value is -1.97. The summed E-state index contributed by atoms with van der Waals surface area (Å²) in [5.74, 6) is 0.546. The first-order valence-corrected chi connectivity index (χ1v) is 4.24. The molecule has 4 heteroatoms. The van der Waals surface area contributed by atoms with Crippen LogP contribution in [-0.2, 0) is 0 Å². The number of aromatic nitrogens is 3. The van der Waals surface area contributed by atoms with Gasteiger partial charge in [-0.15, -0.1) is 0 Å². The Bertz CT molecular complexity index is 487. The van der Waals surface area contributed by atoms with Crippen molar-refractivity contribution in [1.29, 1.82) is 0 Å². The van der Waals surface area contributed by atoms with Gasteiger partial charge in [0.1, 0.15) is 5.82 Å². The molecule has 0 atom stereocenters. The molecule has 0 amide bonds. The molecule has 0 bridgehead atoms. The van der Waals surface area contributed by atoms with Crippen molar-refractivity contribution in [2.45, 2.75) is 6.92 Å². The van der Waals surface area contributed by atoms with Crippen molar-refractivity contribution in [1.82, 2.24) is 15.0 Å². The third-order valence-electron chi connectivity index (χ3n) is 1.86. The Morgan fingerprint density at radius 3 is 2.71 bits per heavy atom. The fourth-order valence-electron chi connectivity index (χ4n) is 1.12. The summed E-state index contributed by atoms with van der Waals surface area (Å²) in [5.41, 5.74) is 1.59. The molecule has 0 unspecified atom stereocenters. The van der Waals surface area contributed by atoms with E-state index < -0.39 is 0 Å². The summed E-state index contributed by atoms with van der Waals surface area (Å²) in [6.45, 7) is 1.91. The smallest absolute Gasteiger partial charge is 0.251 e. The van der Waals surface area contributed by atoms with Crippen molar-refractivity contribution >= 4 is 0 Å². The lowest BCUT2D eigenvalue weighted by Crippen LogP contribution is -2.05. The molecule has 0 spiro atoms. The van der Waals surface area contributed by atoms with E-state index in [1.54, 1.807) is 6.20 Å². The average molecular weight is 187 g/mol. The summed E-state index contributed by atoms with van der Waals surface area (Å²) in [6, 6.07) is 5.13. The second-order valence-electron chi connectivity index (χ2n) is 2.97. The molecule has 0 saturated heterocycles. The molecule has 2 heterocycles. The fourth-order valence-corrected chi connectivity index (χ4v) is 1.12. The molecule has 70 valence electrons. The molecule has 14 heavy (non-hydrogen) atoms. The summed E-state index contributed by atoms with van der Waals surface area (Å²) < 4.78 is 0. The Kier molecular flexibility index (Phi) is 2.10. The normalized spacial score (nSPS) is 10.1. The van der Waals surface area contributed by atoms with Crippen LogP contribution in [0.25, 0.3) is 11.4 Å². The van der Waals surface area contributed by atoms with Crippen molar-refractivity contribution < 1.29 is 0 Å². The van der Waals surface area contributed by atoms with E-state index in [2.05, 4.69) is 15.0 Å². The van der Waals surface area contributed by atoms with Crippen LogP contribution in [0.15, 0.2) is 35.4 Å². The quantitative estimate of drug-likeness (QED) is 0.728. The van der Waals surface area contributed by atoms with E-state index in [-0.39, 0.29) is 5.56 Å². The lowest BCUT2D eigenvalue weighted by molar-refractivity contribution is 1.11. The highest BCUT2D eigenvalue weighted by atomic mass is 16.1. The second-order valence-corrected chi connectivity index (χ2v) is 2.97. The van der Waals surface area contributed by atoms with Crippen molar-refractivity contribution in [3.63, 3.8) is 0 Å². The molecule has 0 aliphatic rings. The maximum atomic E-state index is 11.0. The minimum absolute atomic E-state index is 0.157. The summed E-state index contributed by atoms with van der Waals surface area (Å²) in [5, 5.41) is 0. The zero-order chi connectivity index (χ0) is 9.97. The third kappa shape index (κ3) is 1.69. The van der Waals surface area contributed by atoms with E-state index in [0.717, 1.165) is 11.3 Å². The highest BCUT2D eigenvalue weighted by Gasteiger charge is 1.98. The minimum Gasteiger partial charge on any atom is -0.306 e. The van der Waals surface area contributed by atoms with Crippen LogP contribution in [0.1, 0.15) is 5.69 Å². The minimum atomic E-state index is -0.157. The standard InChI is InChI=1S/C10H9N3O/c1-7-2-3-8(6-12-7)10-11-5-4-9(14)13-10/h2-6H,1H3,(H,11,13,14). The Labute approximate surface area is 80.7 Å². The highest BCUT2D eigenvalue weighted by molar-refractivity contribution is 5.52. The van der Waals surface area contributed by atoms with Crippen LogP contribution in [0.4, 0.5) is 0 Å². The molecule has 2 rings (SSSR count). The summed E-state index contributed by atoms with van der Waals surface area (Å²) in [7, 11) is 0. The fraction of sp³-hybridized carbons (Fsp3) is 0.100. The number of nitrogens with one attached hydrogen (secondary N) is 1. The molecule has 0 saturated carbocycles. The number of pyridine rings is 1. The lowest BCUT2D eigenvalue weighted by Gasteiger charge is -1.98. The summed E-state index contributed by atoms with van der Waals surface area (Å²) >= 11 is 0. The van der Waals surface area contributed by atoms with Gasteiger partial charge in [0.2, 0.25) is 0 Å². The summed E-state index contributed by atoms with van der Waals surface area (Å²) in [6.07, 6.45) is 3.17. The molecule has 2 aromatic heterocycles. The predicted molar refractivity (Wildman–Crippen MR) is 52.8 cm³/mol. The van der Waals surface area contributed by atoms with Crippen LogP contribution in [0.2, 0.25) is 0 Å². The zero-order valence-electron chi connectivity index (χ0n) is 7.69. The monoisotopic (exact) mass is 187 g/mol. The van der Waals surface area contributed by atoms with Gasteiger partial charge in [0.15, 0.2) is 0 Å². The molecule has 4 nitrogen and oxygen atoms in total. The van der Waals surface area contributed by atoms with Gasteiger partial charge in [-0.3, -0.25) is 9.78 Å². The number of H-pyrrole nitrogens is 1. The molecule has 0 radical (unpaired) electrons. The number of nitrogens with zero attached hydrogens (tertiary/aromatic N) is 2. The van der Waals surface area contributed by atoms with Crippen LogP contribution < -0.4 is 5.56 Å². The van der Waals surface area contributed by atoms with Gasteiger partial charge in [-0.05, 0) is 19.1 Å². The first-order chi connectivity index (χ1) is 6.75. The van der Waals surface area contributed by atoms with Crippen LogP contribution >= 0.6 is 0 Å². The Balaban J connectivity index is 2.50. The number of hydrogen-bond donors (Lipinski definition) is 1. The van der Waals surface area contributed by atoms with Gasteiger partial charge in [-0.25, -0.2) is 4.98 Å². The van der Waals surface area contributed by atoms with E-state index in [0.29, 0.717) is 5.82 Å².